The van der Waals surface area contributed by atoms with E-state index < -0.39 is 0 Å². The molecule has 6 nitrogen and oxygen atoms in total. The molecule has 0 saturated carbocycles. The van der Waals surface area contributed by atoms with Crippen LogP contribution in [0.15, 0.2) is 42.5 Å². The third kappa shape index (κ3) is 7.49. The number of nitrogens with one attached hydrogen (secondary N) is 2. The van der Waals surface area contributed by atoms with Gasteiger partial charge in [0.1, 0.15) is 11.5 Å². The van der Waals surface area contributed by atoms with Crippen molar-refractivity contribution in [2.45, 2.75) is 32.6 Å². The van der Waals surface area contributed by atoms with Gasteiger partial charge in [-0.25, -0.2) is 0 Å². The van der Waals surface area contributed by atoms with Crippen LogP contribution in [0.5, 0.6) is 11.5 Å². The highest BCUT2D eigenvalue weighted by molar-refractivity contribution is 5.84. The number of hydrogen-bond acceptors (Lipinski definition) is 4. The highest BCUT2D eigenvalue weighted by Gasteiger charge is 2.08. The van der Waals surface area contributed by atoms with E-state index in [2.05, 4.69) is 29.7 Å². The lowest BCUT2D eigenvalue weighted by Gasteiger charge is -2.11. The first-order valence-corrected chi connectivity index (χ1v) is 9.87. The summed E-state index contributed by atoms with van der Waals surface area (Å²) in [5.74, 6) is 1.14. The Labute approximate surface area is 172 Å². The molecule has 6 heteroatoms. The van der Waals surface area contributed by atoms with Crippen molar-refractivity contribution in [3.63, 3.8) is 0 Å². The van der Waals surface area contributed by atoms with E-state index in [1.165, 1.54) is 5.56 Å². The third-order valence-corrected chi connectivity index (χ3v) is 4.72. The van der Waals surface area contributed by atoms with Gasteiger partial charge in [-0.05, 0) is 54.2 Å². The number of amides is 2. The van der Waals surface area contributed by atoms with Crippen molar-refractivity contribution in [2.24, 2.45) is 0 Å². The topological polar surface area (TPSA) is 76.7 Å². The van der Waals surface area contributed by atoms with Gasteiger partial charge in [0.25, 0.3) is 0 Å². The fourth-order valence-electron chi connectivity index (χ4n) is 2.94. The molecule has 0 unspecified atom stereocenters. The maximum Gasteiger partial charge on any atom is 0.239 e. The second-order valence-corrected chi connectivity index (χ2v) is 6.72. The molecule has 0 atom stereocenters. The fraction of sp³-hybridized carbons (Fsp3) is 0.391. The standard InChI is InChI=1S/C23H30N2O4/c1-4-17-5-7-18(8-6-17)9-12-22(26)25-16-23(27)24-14-13-19-15-20(28-2)10-11-21(19)29-3/h5-8,10-11,15H,4,9,12-14,16H2,1-3H3,(H,24,27)(H,25,26). The predicted octanol–water partition coefficient (Wildman–Crippen LogP) is 2.67. The first kappa shape index (κ1) is 22.3. The lowest BCUT2D eigenvalue weighted by molar-refractivity contribution is -0.126. The molecular formula is C23H30N2O4. The van der Waals surface area contributed by atoms with Crippen LogP contribution in [0.4, 0.5) is 0 Å². The van der Waals surface area contributed by atoms with Gasteiger partial charge in [0.05, 0.1) is 20.8 Å². The second kappa shape index (κ2) is 11.7. The number of methoxy groups -OCH3 is 2. The van der Waals surface area contributed by atoms with Crippen molar-refractivity contribution in [2.75, 3.05) is 27.3 Å². The van der Waals surface area contributed by atoms with Gasteiger partial charge in [-0.1, -0.05) is 31.2 Å². The Balaban J connectivity index is 1.68. The summed E-state index contributed by atoms with van der Waals surface area (Å²) in [6.45, 7) is 2.53. The Hall–Kier alpha value is -3.02. The highest BCUT2D eigenvalue weighted by Crippen LogP contribution is 2.24. The Morgan fingerprint density at radius 2 is 1.59 bits per heavy atom. The number of hydrogen-bond donors (Lipinski definition) is 2. The Kier molecular flexibility index (Phi) is 9.02. The maximum absolute atomic E-state index is 12.0. The van der Waals surface area contributed by atoms with E-state index in [-0.39, 0.29) is 18.4 Å². The molecule has 0 aliphatic rings. The number of benzene rings is 2. The summed E-state index contributed by atoms with van der Waals surface area (Å²) < 4.78 is 10.6. The average Bonchev–Trinajstić information content (AvgIpc) is 2.76. The van der Waals surface area contributed by atoms with Crippen LogP contribution in [0.25, 0.3) is 0 Å². The van der Waals surface area contributed by atoms with Crippen LogP contribution in [0.3, 0.4) is 0 Å². The van der Waals surface area contributed by atoms with Crippen molar-refractivity contribution in [1.29, 1.82) is 0 Å². The van der Waals surface area contributed by atoms with E-state index in [0.29, 0.717) is 25.8 Å². The number of carbonyl (C=O) groups excluding carboxylic acids is 2. The first-order chi connectivity index (χ1) is 14.0. The second-order valence-electron chi connectivity index (χ2n) is 6.72. The van der Waals surface area contributed by atoms with Gasteiger partial charge < -0.3 is 20.1 Å². The molecule has 156 valence electrons. The summed E-state index contributed by atoms with van der Waals surface area (Å²) in [5, 5.41) is 5.48. The maximum atomic E-state index is 12.0. The molecule has 2 amide bonds. The van der Waals surface area contributed by atoms with Gasteiger partial charge in [0.15, 0.2) is 0 Å². The summed E-state index contributed by atoms with van der Waals surface area (Å²) in [7, 11) is 3.22. The van der Waals surface area contributed by atoms with Crippen LogP contribution in [-0.2, 0) is 28.9 Å². The first-order valence-electron chi connectivity index (χ1n) is 9.87. The average molecular weight is 399 g/mol. The minimum absolute atomic E-state index is 0.0249. The molecule has 0 fully saturated rings. The molecule has 0 heterocycles. The van der Waals surface area contributed by atoms with E-state index in [0.717, 1.165) is 29.0 Å². The van der Waals surface area contributed by atoms with Crippen LogP contribution in [-0.4, -0.2) is 39.1 Å². The van der Waals surface area contributed by atoms with Crippen molar-refractivity contribution < 1.29 is 19.1 Å². The van der Waals surface area contributed by atoms with Crippen molar-refractivity contribution in [3.05, 3.63) is 59.2 Å². The SMILES string of the molecule is CCc1ccc(CCC(=O)NCC(=O)NCCc2cc(OC)ccc2OC)cc1. The molecule has 29 heavy (non-hydrogen) atoms. The van der Waals surface area contributed by atoms with Gasteiger partial charge in [-0.2, -0.15) is 0 Å². The molecule has 2 rings (SSSR count). The molecule has 0 bridgehead atoms. The zero-order chi connectivity index (χ0) is 21.1. The van der Waals surface area contributed by atoms with Crippen LogP contribution in [0, 0.1) is 0 Å². The van der Waals surface area contributed by atoms with Crippen LogP contribution >= 0.6 is 0 Å². The number of rotatable bonds is 11. The third-order valence-electron chi connectivity index (χ3n) is 4.72. The summed E-state index contributed by atoms with van der Waals surface area (Å²) in [6, 6.07) is 13.8. The zero-order valence-corrected chi connectivity index (χ0v) is 17.4. The van der Waals surface area contributed by atoms with Crippen LogP contribution in [0.1, 0.15) is 30.0 Å². The van der Waals surface area contributed by atoms with Gasteiger partial charge in [0.2, 0.25) is 11.8 Å². The summed E-state index contributed by atoms with van der Waals surface area (Å²) >= 11 is 0. The predicted molar refractivity (Wildman–Crippen MR) is 113 cm³/mol. The summed E-state index contributed by atoms with van der Waals surface area (Å²) in [4.78, 5) is 24.0. The van der Waals surface area contributed by atoms with E-state index in [9.17, 15) is 9.59 Å². The quantitative estimate of drug-likeness (QED) is 0.610. The van der Waals surface area contributed by atoms with E-state index in [1.54, 1.807) is 14.2 Å². The van der Waals surface area contributed by atoms with Crippen molar-refractivity contribution in [3.8, 4) is 11.5 Å². The molecule has 2 aromatic rings. The number of ether oxygens (including phenoxy) is 2. The van der Waals surface area contributed by atoms with Gasteiger partial charge in [0, 0.05) is 13.0 Å². The molecular weight excluding hydrogens is 368 g/mol. The summed E-state index contributed by atoms with van der Waals surface area (Å²) in [5.41, 5.74) is 3.35. The van der Waals surface area contributed by atoms with Crippen molar-refractivity contribution >= 4 is 11.8 Å². The van der Waals surface area contributed by atoms with Gasteiger partial charge in [-0.3, -0.25) is 9.59 Å². The highest BCUT2D eigenvalue weighted by atomic mass is 16.5. The van der Waals surface area contributed by atoms with Gasteiger partial charge in [-0.15, -0.1) is 0 Å². The monoisotopic (exact) mass is 398 g/mol. The fourth-order valence-corrected chi connectivity index (χ4v) is 2.94. The van der Waals surface area contributed by atoms with Crippen LogP contribution in [0.2, 0.25) is 0 Å². The lowest BCUT2D eigenvalue weighted by atomic mass is 10.1. The number of aryl methyl sites for hydroxylation is 2. The zero-order valence-electron chi connectivity index (χ0n) is 17.4. The molecule has 0 aliphatic heterocycles. The van der Waals surface area contributed by atoms with Crippen molar-refractivity contribution in [1.82, 2.24) is 10.6 Å². The van der Waals surface area contributed by atoms with E-state index >= 15 is 0 Å². The molecule has 2 N–H and O–H groups in total. The molecule has 0 radical (unpaired) electrons. The Morgan fingerprint density at radius 3 is 2.24 bits per heavy atom. The molecule has 2 aromatic carbocycles. The molecule has 0 spiro atoms. The molecule has 0 aliphatic carbocycles. The number of carbonyl (C=O) groups is 2. The smallest absolute Gasteiger partial charge is 0.239 e. The normalized spacial score (nSPS) is 10.3. The molecule has 0 aromatic heterocycles. The van der Waals surface area contributed by atoms with Gasteiger partial charge >= 0.3 is 0 Å². The van der Waals surface area contributed by atoms with Crippen LogP contribution < -0.4 is 20.1 Å². The Bertz CT molecular complexity index is 803. The summed E-state index contributed by atoms with van der Waals surface area (Å²) in [6.07, 6.45) is 2.63. The van der Waals surface area contributed by atoms with E-state index in [1.807, 2.05) is 30.3 Å². The Morgan fingerprint density at radius 1 is 0.862 bits per heavy atom. The minimum Gasteiger partial charge on any atom is -0.497 e. The largest absolute Gasteiger partial charge is 0.497 e. The van der Waals surface area contributed by atoms with E-state index in [4.69, 9.17) is 9.47 Å². The minimum atomic E-state index is -0.215. The molecule has 0 saturated heterocycles. The lowest BCUT2D eigenvalue weighted by Crippen LogP contribution is -2.37.